The second kappa shape index (κ2) is 9.84. The lowest BCUT2D eigenvalue weighted by molar-refractivity contribution is -0.0430. The van der Waals surface area contributed by atoms with E-state index >= 15 is 0 Å². The van der Waals surface area contributed by atoms with Crippen molar-refractivity contribution in [2.24, 2.45) is 5.92 Å². The molecule has 0 aliphatic carbocycles. The molecule has 0 bridgehead atoms. The monoisotopic (exact) mass is 578 g/mol. The predicted molar refractivity (Wildman–Crippen MR) is 137 cm³/mol. The fourth-order valence-electron chi connectivity index (χ4n) is 5.20. The van der Waals surface area contributed by atoms with Gasteiger partial charge in [-0.1, -0.05) is 6.92 Å². The van der Waals surface area contributed by atoms with Crippen molar-refractivity contribution in [1.82, 2.24) is 39.0 Å². The molecule has 0 saturated carbocycles. The summed E-state index contributed by atoms with van der Waals surface area (Å²) in [6.45, 7) is 0.899. The Hall–Kier alpha value is -3.51. The van der Waals surface area contributed by atoms with Crippen LogP contribution in [0, 0.1) is 5.92 Å². The normalized spacial score (nSPS) is 30.4. The lowest BCUT2D eigenvalue weighted by Crippen LogP contribution is -2.30. The van der Waals surface area contributed by atoms with Crippen LogP contribution in [0.3, 0.4) is 0 Å². The maximum Gasteiger partial charge on any atom is 0.335 e. The van der Waals surface area contributed by atoms with Crippen LogP contribution in [-0.2, 0) is 18.6 Å². The first kappa shape index (κ1) is 26.7. The zero-order valence-corrected chi connectivity index (χ0v) is 21.9. The minimum absolute atomic E-state index is 0.0391. The molecule has 2 unspecified atom stereocenters. The van der Waals surface area contributed by atoms with Crippen LogP contribution in [0.1, 0.15) is 25.8 Å². The molecule has 0 spiro atoms. The molecule has 18 nitrogen and oxygen atoms in total. The Morgan fingerprint density at radius 1 is 1.12 bits per heavy atom. The standard InChI is InChI=1S/C21H27N10O8P/c1-8-14(33)10(39-19(8)30-6-26-12-15(22)24-5-25-16(12)30)4-37-40(35,36)11-2-9(3-32)38-20(11)31-7-27-13-17(31)28-21(23)29-18(13)34/h5-11,14,19-20,32-33H,2-4H2,1H3,(H,35,36)(H2,22,24,25)(H3,23,28,29,34)/t8-,9?,10+,11+,14-,19+,20+/m0/s1. The zero-order valence-electron chi connectivity index (χ0n) is 21.0. The Bertz CT molecular complexity index is 1670. The van der Waals surface area contributed by atoms with Crippen LogP contribution in [-0.4, -0.2) is 91.3 Å². The van der Waals surface area contributed by atoms with E-state index in [0.717, 1.165) is 0 Å². The van der Waals surface area contributed by atoms with Gasteiger partial charge in [0.05, 0.1) is 38.1 Å². The van der Waals surface area contributed by atoms with Gasteiger partial charge in [-0.2, -0.15) is 4.98 Å². The number of nitrogens with two attached hydrogens (primary N) is 2. The van der Waals surface area contributed by atoms with Crippen molar-refractivity contribution in [2.75, 3.05) is 24.7 Å². The van der Waals surface area contributed by atoms with E-state index in [1.54, 1.807) is 11.5 Å². The molecule has 4 aromatic rings. The quantitative estimate of drug-likeness (QED) is 0.142. The highest BCUT2D eigenvalue weighted by molar-refractivity contribution is 7.53. The van der Waals surface area contributed by atoms with E-state index in [9.17, 15) is 24.5 Å². The lowest BCUT2D eigenvalue weighted by atomic mass is 10.0. The number of nitrogens with zero attached hydrogens (tertiary/aromatic N) is 7. The van der Waals surface area contributed by atoms with Gasteiger partial charge in [-0.15, -0.1) is 0 Å². The van der Waals surface area contributed by atoms with Gasteiger partial charge in [0, 0.05) is 5.92 Å². The van der Waals surface area contributed by atoms with Crippen molar-refractivity contribution < 1.29 is 33.7 Å². The molecule has 8 N–H and O–H groups in total. The van der Waals surface area contributed by atoms with Gasteiger partial charge in [-0.3, -0.25) is 23.5 Å². The summed E-state index contributed by atoms with van der Waals surface area (Å²) in [4.78, 5) is 46.1. The molecule has 6 rings (SSSR count). The summed E-state index contributed by atoms with van der Waals surface area (Å²) in [6.07, 6.45) is -0.728. The summed E-state index contributed by atoms with van der Waals surface area (Å²) in [7, 11) is -4.49. The molecular formula is C21H27N10O8P. The van der Waals surface area contributed by atoms with Crippen LogP contribution >= 0.6 is 7.60 Å². The molecule has 4 aromatic heterocycles. The van der Waals surface area contributed by atoms with Crippen LogP contribution < -0.4 is 17.0 Å². The van der Waals surface area contributed by atoms with Gasteiger partial charge in [0.2, 0.25) is 5.95 Å². The number of hydrogen-bond acceptors (Lipinski definition) is 14. The summed E-state index contributed by atoms with van der Waals surface area (Å²) in [5, 5.41) is 20.6. The third-order valence-corrected chi connectivity index (χ3v) is 9.10. The molecule has 2 fully saturated rings. The maximum atomic E-state index is 13.6. The van der Waals surface area contributed by atoms with Gasteiger partial charge in [-0.25, -0.2) is 19.9 Å². The molecule has 2 saturated heterocycles. The number of imidazole rings is 2. The average molecular weight is 578 g/mol. The Kier molecular flexibility index (Phi) is 6.57. The van der Waals surface area contributed by atoms with E-state index in [2.05, 4.69) is 29.9 Å². The van der Waals surface area contributed by atoms with Gasteiger partial charge in [0.1, 0.15) is 29.8 Å². The number of aliphatic hydroxyl groups excluding tert-OH is 2. The number of aromatic nitrogens is 8. The Labute approximate surface area is 224 Å². The molecule has 0 radical (unpaired) electrons. The third kappa shape index (κ3) is 4.33. The number of nitrogens with one attached hydrogen (secondary N) is 1. The van der Waals surface area contributed by atoms with Crippen LogP contribution in [0.5, 0.6) is 0 Å². The Morgan fingerprint density at radius 2 is 1.85 bits per heavy atom. The fourth-order valence-corrected chi connectivity index (χ4v) is 6.79. The van der Waals surface area contributed by atoms with Crippen molar-refractivity contribution in [3.05, 3.63) is 29.3 Å². The van der Waals surface area contributed by atoms with Crippen molar-refractivity contribution >= 4 is 41.7 Å². The first-order valence-electron chi connectivity index (χ1n) is 12.3. The zero-order chi connectivity index (χ0) is 28.3. The van der Waals surface area contributed by atoms with Crippen LogP contribution in [0.15, 0.2) is 23.8 Å². The fraction of sp³-hybridized carbons (Fsp3) is 0.524. The van der Waals surface area contributed by atoms with Crippen LogP contribution in [0.2, 0.25) is 0 Å². The molecule has 40 heavy (non-hydrogen) atoms. The van der Waals surface area contributed by atoms with E-state index in [-0.39, 0.29) is 29.4 Å². The van der Waals surface area contributed by atoms with Crippen molar-refractivity contribution in [1.29, 1.82) is 0 Å². The summed E-state index contributed by atoms with van der Waals surface area (Å²) in [5.74, 6) is -0.445. The second-order valence-corrected chi connectivity index (χ2v) is 11.8. The summed E-state index contributed by atoms with van der Waals surface area (Å²) >= 11 is 0. The molecule has 6 heterocycles. The highest BCUT2D eigenvalue weighted by Crippen LogP contribution is 2.57. The van der Waals surface area contributed by atoms with E-state index < -0.39 is 68.7 Å². The van der Waals surface area contributed by atoms with Gasteiger partial charge >= 0.3 is 7.60 Å². The SMILES string of the molecule is C[C@H]1[C@H](O)[C@@H](COP(=O)(O)[C@@H]2CC(CO)O[C@H]2n2cnc3c(=O)[nH]c(N)nc32)O[C@H]1n1cnc2c(N)ncnc21. The van der Waals surface area contributed by atoms with E-state index in [1.807, 2.05) is 0 Å². The average Bonchev–Trinajstić information content (AvgIpc) is 3.69. The topological polar surface area (TPSA) is 265 Å². The predicted octanol–water partition coefficient (Wildman–Crippen LogP) is -1.13. The number of hydrogen-bond donors (Lipinski definition) is 6. The molecule has 2 aliphatic heterocycles. The molecular weight excluding hydrogens is 551 g/mol. The number of ether oxygens (including phenoxy) is 2. The largest absolute Gasteiger partial charge is 0.394 e. The number of anilines is 2. The Balaban J connectivity index is 1.22. The van der Waals surface area contributed by atoms with E-state index in [4.69, 9.17) is 25.5 Å². The van der Waals surface area contributed by atoms with Crippen molar-refractivity contribution in [2.45, 2.75) is 49.8 Å². The number of fused-ring (bicyclic) bond motifs is 2. The number of nitrogen functional groups attached to an aromatic ring is 2. The van der Waals surface area contributed by atoms with E-state index in [0.29, 0.717) is 11.2 Å². The molecule has 2 aliphatic rings. The van der Waals surface area contributed by atoms with Gasteiger partial charge in [0.15, 0.2) is 28.9 Å². The third-order valence-electron chi connectivity index (χ3n) is 7.28. The first-order valence-corrected chi connectivity index (χ1v) is 14.0. The summed E-state index contributed by atoms with van der Waals surface area (Å²) in [6, 6.07) is 0. The molecule has 0 aromatic carbocycles. The summed E-state index contributed by atoms with van der Waals surface area (Å²) < 4.78 is 33.8. The van der Waals surface area contributed by atoms with E-state index in [1.165, 1.54) is 23.5 Å². The molecule has 214 valence electrons. The minimum atomic E-state index is -4.49. The van der Waals surface area contributed by atoms with Gasteiger partial charge < -0.3 is 40.6 Å². The van der Waals surface area contributed by atoms with Crippen LogP contribution in [0.4, 0.5) is 11.8 Å². The number of rotatable bonds is 7. The molecule has 19 heteroatoms. The Morgan fingerprint density at radius 3 is 2.60 bits per heavy atom. The van der Waals surface area contributed by atoms with Crippen molar-refractivity contribution in [3.8, 4) is 0 Å². The van der Waals surface area contributed by atoms with Crippen LogP contribution in [0.25, 0.3) is 22.3 Å². The second-order valence-electron chi connectivity index (χ2n) is 9.77. The van der Waals surface area contributed by atoms with Crippen molar-refractivity contribution in [3.63, 3.8) is 0 Å². The first-order chi connectivity index (χ1) is 19.1. The smallest absolute Gasteiger partial charge is 0.335 e. The van der Waals surface area contributed by atoms with Gasteiger partial charge in [0.25, 0.3) is 5.56 Å². The highest BCUT2D eigenvalue weighted by atomic mass is 31.2. The maximum absolute atomic E-state index is 13.6. The number of aliphatic hydroxyl groups is 2. The number of aromatic amines is 1. The molecule has 0 amide bonds. The summed E-state index contributed by atoms with van der Waals surface area (Å²) in [5.41, 5.74) is 10.6. The number of H-pyrrole nitrogens is 1. The minimum Gasteiger partial charge on any atom is -0.394 e. The lowest BCUT2D eigenvalue weighted by Gasteiger charge is -2.25. The molecule has 8 atom stereocenters. The highest BCUT2D eigenvalue weighted by Gasteiger charge is 2.50. The van der Waals surface area contributed by atoms with Gasteiger partial charge in [-0.05, 0) is 6.42 Å².